The third-order valence-electron chi connectivity index (χ3n) is 4.24. The second kappa shape index (κ2) is 5.84. The molecule has 116 valence electrons. The topological polar surface area (TPSA) is 30.5 Å². The molecule has 1 aromatic rings. The lowest BCUT2D eigenvalue weighted by Gasteiger charge is -2.23. The summed E-state index contributed by atoms with van der Waals surface area (Å²) in [5, 5.41) is 3.48. The molecule has 1 N–H and O–H groups in total. The van der Waals surface area contributed by atoms with Crippen molar-refractivity contribution in [2.75, 3.05) is 19.8 Å². The highest BCUT2D eigenvalue weighted by molar-refractivity contribution is 5.49. The Balaban J connectivity index is 1.96. The highest BCUT2D eigenvalue weighted by Crippen LogP contribution is 2.39. The van der Waals surface area contributed by atoms with Crippen LogP contribution in [0.1, 0.15) is 44.2 Å². The summed E-state index contributed by atoms with van der Waals surface area (Å²) < 4.78 is 26.1. The quantitative estimate of drug-likeness (QED) is 0.927. The van der Waals surface area contributed by atoms with Crippen molar-refractivity contribution in [1.29, 1.82) is 0 Å². The van der Waals surface area contributed by atoms with Gasteiger partial charge in [0.2, 0.25) is 0 Å². The number of hydrogen-bond donors (Lipinski definition) is 1. The van der Waals surface area contributed by atoms with Gasteiger partial charge in [0.25, 0.3) is 0 Å². The average Bonchev–Trinajstić information content (AvgIpc) is 2.81. The zero-order valence-corrected chi connectivity index (χ0v) is 12.9. The minimum absolute atomic E-state index is 0.441. The molecule has 3 nitrogen and oxygen atoms in total. The minimum Gasteiger partial charge on any atom is -0.490 e. The molecule has 2 heterocycles. The molecule has 3 rings (SSSR count). The number of alkyl halides is 1. The first-order valence-corrected chi connectivity index (χ1v) is 7.89. The van der Waals surface area contributed by atoms with Crippen LogP contribution in [0.25, 0.3) is 0 Å². The summed E-state index contributed by atoms with van der Waals surface area (Å²) in [5.41, 5.74) is 0.380. The summed E-state index contributed by atoms with van der Waals surface area (Å²) in [6, 6.07) is 4.26. The van der Waals surface area contributed by atoms with Crippen LogP contribution in [0.15, 0.2) is 12.1 Å². The van der Waals surface area contributed by atoms with Crippen LogP contribution in [0.4, 0.5) is 4.39 Å². The maximum Gasteiger partial charge on any atom is 0.161 e. The second-order valence-electron chi connectivity index (χ2n) is 6.48. The lowest BCUT2D eigenvalue weighted by atomic mass is 9.90. The maximum atomic E-state index is 14.6. The fourth-order valence-corrected chi connectivity index (χ4v) is 3.17. The number of fused-ring (bicyclic) bond motifs is 1. The molecule has 4 heteroatoms. The van der Waals surface area contributed by atoms with Crippen LogP contribution in [0, 0.1) is 0 Å². The van der Waals surface area contributed by atoms with Gasteiger partial charge in [0.15, 0.2) is 11.5 Å². The highest BCUT2D eigenvalue weighted by atomic mass is 19.1. The van der Waals surface area contributed by atoms with Gasteiger partial charge in [0, 0.05) is 12.5 Å². The fourth-order valence-electron chi connectivity index (χ4n) is 3.17. The fraction of sp³-hybridized carbons (Fsp3) is 0.647. The Morgan fingerprint density at radius 3 is 2.52 bits per heavy atom. The molecule has 1 saturated heterocycles. The molecule has 0 aromatic heterocycles. The van der Waals surface area contributed by atoms with Gasteiger partial charge < -0.3 is 14.8 Å². The van der Waals surface area contributed by atoms with Gasteiger partial charge in [-0.3, -0.25) is 0 Å². The smallest absolute Gasteiger partial charge is 0.161 e. The zero-order valence-electron chi connectivity index (χ0n) is 12.9. The number of ether oxygens (including phenoxy) is 2. The van der Waals surface area contributed by atoms with Crippen molar-refractivity contribution < 1.29 is 13.9 Å². The van der Waals surface area contributed by atoms with Gasteiger partial charge in [-0.05, 0) is 62.9 Å². The van der Waals surface area contributed by atoms with Gasteiger partial charge in [-0.15, -0.1) is 0 Å². The van der Waals surface area contributed by atoms with Crippen LogP contribution in [0.2, 0.25) is 0 Å². The zero-order chi connectivity index (χ0) is 14.9. The normalized spacial score (nSPS) is 22.1. The van der Waals surface area contributed by atoms with Crippen molar-refractivity contribution in [3.05, 3.63) is 23.3 Å². The third-order valence-corrected chi connectivity index (χ3v) is 4.24. The molecule has 0 aliphatic carbocycles. The molecule has 21 heavy (non-hydrogen) atoms. The summed E-state index contributed by atoms with van der Waals surface area (Å²) in [6.07, 6.45) is 4.06. The minimum atomic E-state index is -1.38. The Morgan fingerprint density at radius 1 is 1.19 bits per heavy atom. The van der Waals surface area contributed by atoms with E-state index in [1.54, 1.807) is 13.8 Å². The number of halogens is 1. The molecule has 0 saturated carbocycles. The van der Waals surface area contributed by atoms with Crippen molar-refractivity contribution in [2.45, 2.75) is 51.2 Å². The highest BCUT2D eigenvalue weighted by Gasteiger charge is 2.27. The number of rotatable bonds is 3. The SMILES string of the molecule is CC(C)(F)c1cc2c(cc1CC1CCCN1)OCCCO2. The Bertz CT molecular complexity index is 504. The van der Waals surface area contributed by atoms with Crippen LogP contribution >= 0.6 is 0 Å². The van der Waals surface area contributed by atoms with Gasteiger partial charge in [-0.1, -0.05) is 0 Å². The van der Waals surface area contributed by atoms with Gasteiger partial charge in [0.1, 0.15) is 5.67 Å². The molecule has 0 bridgehead atoms. The molecular formula is C17H24FNO2. The van der Waals surface area contributed by atoms with E-state index in [-0.39, 0.29) is 0 Å². The first-order valence-electron chi connectivity index (χ1n) is 7.89. The van der Waals surface area contributed by atoms with E-state index in [0.717, 1.165) is 42.7 Å². The Kier molecular flexibility index (Phi) is 4.07. The van der Waals surface area contributed by atoms with Gasteiger partial charge >= 0.3 is 0 Å². The molecule has 2 aliphatic heterocycles. The molecule has 1 atom stereocenters. The molecule has 0 radical (unpaired) electrons. The van der Waals surface area contributed by atoms with Crippen molar-refractivity contribution in [3.63, 3.8) is 0 Å². The summed E-state index contributed by atoms with van der Waals surface area (Å²) in [5.74, 6) is 1.44. The second-order valence-corrected chi connectivity index (χ2v) is 6.48. The van der Waals surface area contributed by atoms with E-state index in [1.807, 2.05) is 12.1 Å². The van der Waals surface area contributed by atoms with E-state index >= 15 is 0 Å². The van der Waals surface area contributed by atoms with E-state index in [0.29, 0.717) is 25.0 Å². The standard InChI is InChI=1S/C17H24FNO2/c1-17(2,18)14-11-16-15(20-7-4-8-21-16)10-12(14)9-13-5-3-6-19-13/h10-11,13,19H,3-9H2,1-2H3. The summed E-state index contributed by atoms with van der Waals surface area (Å²) >= 11 is 0. The molecule has 1 fully saturated rings. The van der Waals surface area contributed by atoms with E-state index < -0.39 is 5.67 Å². The molecular weight excluding hydrogens is 269 g/mol. The summed E-state index contributed by atoms with van der Waals surface area (Å²) in [7, 11) is 0. The summed E-state index contributed by atoms with van der Waals surface area (Å²) in [6.45, 7) is 5.56. The van der Waals surface area contributed by atoms with E-state index in [9.17, 15) is 4.39 Å². The summed E-state index contributed by atoms with van der Waals surface area (Å²) in [4.78, 5) is 0. The maximum absolute atomic E-state index is 14.6. The van der Waals surface area contributed by atoms with Crippen LogP contribution in [0.3, 0.4) is 0 Å². The van der Waals surface area contributed by atoms with Crippen molar-refractivity contribution in [1.82, 2.24) is 5.32 Å². The molecule has 0 amide bonds. The van der Waals surface area contributed by atoms with Crippen LogP contribution < -0.4 is 14.8 Å². The van der Waals surface area contributed by atoms with Crippen LogP contribution in [-0.2, 0) is 12.1 Å². The Hall–Kier alpha value is -1.29. The van der Waals surface area contributed by atoms with Gasteiger partial charge in [0.05, 0.1) is 13.2 Å². The lowest BCUT2D eigenvalue weighted by molar-refractivity contribution is 0.218. The number of nitrogens with one attached hydrogen (secondary N) is 1. The van der Waals surface area contributed by atoms with Crippen molar-refractivity contribution >= 4 is 0 Å². The first-order chi connectivity index (χ1) is 10.0. The van der Waals surface area contributed by atoms with Crippen LogP contribution in [-0.4, -0.2) is 25.8 Å². The molecule has 0 spiro atoms. The number of benzene rings is 1. The Labute approximate surface area is 125 Å². The predicted molar refractivity (Wildman–Crippen MR) is 80.9 cm³/mol. The lowest BCUT2D eigenvalue weighted by Crippen LogP contribution is -2.25. The van der Waals surface area contributed by atoms with E-state index in [4.69, 9.17) is 9.47 Å². The molecule has 1 unspecified atom stereocenters. The predicted octanol–water partition coefficient (Wildman–Crippen LogP) is 3.35. The van der Waals surface area contributed by atoms with Crippen molar-refractivity contribution in [2.24, 2.45) is 0 Å². The first kappa shape index (κ1) is 14.6. The monoisotopic (exact) mass is 293 g/mol. The Morgan fingerprint density at radius 2 is 1.90 bits per heavy atom. The van der Waals surface area contributed by atoms with Gasteiger partial charge in [-0.2, -0.15) is 0 Å². The molecule has 2 aliphatic rings. The molecule has 1 aromatic carbocycles. The van der Waals surface area contributed by atoms with E-state index in [2.05, 4.69) is 5.32 Å². The van der Waals surface area contributed by atoms with Gasteiger partial charge in [-0.25, -0.2) is 4.39 Å². The third kappa shape index (κ3) is 3.31. The van der Waals surface area contributed by atoms with E-state index in [1.165, 1.54) is 6.42 Å². The van der Waals surface area contributed by atoms with Crippen molar-refractivity contribution in [3.8, 4) is 11.5 Å². The van der Waals surface area contributed by atoms with Crippen LogP contribution in [0.5, 0.6) is 11.5 Å². The average molecular weight is 293 g/mol. The number of hydrogen-bond acceptors (Lipinski definition) is 3. The largest absolute Gasteiger partial charge is 0.490 e.